The highest BCUT2D eigenvalue weighted by molar-refractivity contribution is 5.94. The summed E-state index contributed by atoms with van der Waals surface area (Å²) < 4.78 is 0. The van der Waals surface area contributed by atoms with E-state index in [2.05, 4.69) is 4.90 Å². The van der Waals surface area contributed by atoms with E-state index in [0.29, 0.717) is 0 Å². The Labute approximate surface area is 121 Å². The Bertz CT molecular complexity index is 442. The molecule has 2 aliphatic heterocycles. The standard InChI is InChI=1S/C16H23N3O/c20-16-18(12-6-11-17-9-4-5-10-17)13-14-19(16)15-7-2-1-3-8-15/h1-3,7-8H,4-6,9-14H2. The number of amides is 2. The van der Waals surface area contributed by atoms with Crippen molar-refractivity contribution in [3.05, 3.63) is 30.3 Å². The van der Waals surface area contributed by atoms with Gasteiger partial charge in [-0.2, -0.15) is 0 Å². The first-order valence-corrected chi connectivity index (χ1v) is 7.68. The molecule has 2 heterocycles. The van der Waals surface area contributed by atoms with Crippen LogP contribution >= 0.6 is 0 Å². The second kappa shape index (κ2) is 6.27. The summed E-state index contributed by atoms with van der Waals surface area (Å²) in [6.07, 6.45) is 3.77. The first kappa shape index (κ1) is 13.4. The van der Waals surface area contributed by atoms with Crippen LogP contribution in [0.4, 0.5) is 10.5 Å². The highest BCUT2D eigenvalue weighted by atomic mass is 16.2. The molecule has 0 bridgehead atoms. The van der Waals surface area contributed by atoms with Gasteiger partial charge in [0.2, 0.25) is 0 Å². The molecule has 20 heavy (non-hydrogen) atoms. The van der Waals surface area contributed by atoms with Gasteiger partial charge >= 0.3 is 6.03 Å². The Morgan fingerprint density at radius 1 is 0.900 bits per heavy atom. The van der Waals surface area contributed by atoms with E-state index in [-0.39, 0.29) is 6.03 Å². The zero-order chi connectivity index (χ0) is 13.8. The first-order chi connectivity index (χ1) is 9.84. The number of carbonyl (C=O) groups excluding carboxylic acids is 1. The Balaban J connectivity index is 1.48. The summed E-state index contributed by atoms with van der Waals surface area (Å²) in [6, 6.07) is 10.1. The van der Waals surface area contributed by atoms with Gasteiger partial charge < -0.3 is 9.80 Å². The van der Waals surface area contributed by atoms with Gasteiger partial charge in [0, 0.05) is 25.3 Å². The maximum absolute atomic E-state index is 12.4. The van der Waals surface area contributed by atoms with Gasteiger partial charge in [-0.3, -0.25) is 4.90 Å². The molecule has 2 saturated heterocycles. The molecule has 0 aliphatic carbocycles. The minimum Gasteiger partial charge on any atom is -0.323 e. The van der Waals surface area contributed by atoms with Gasteiger partial charge in [0.1, 0.15) is 0 Å². The summed E-state index contributed by atoms with van der Waals surface area (Å²) in [5.41, 5.74) is 1.01. The number of para-hydroxylation sites is 1. The van der Waals surface area contributed by atoms with Crippen molar-refractivity contribution in [1.82, 2.24) is 9.80 Å². The van der Waals surface area contributed by atoms with E-state index in [4.69, 9.17) is 0 Å². The van der Waals surface area contributed by atoms with E-state index >= 15 is 0 Å². The van der Waals surface area contributed by atoms with Gasteiger partial charge in [-0.15, -0.1) is 0 Å². The minimum atomic E-state index is 0.164. The molecule has 0 radical (unpaired) electrons. The molecule has 4 nitrogen and oxygen atoms in total. The smallest absolute Gasteiger partial charge is 0.323 e. The van der Waals surface area contributed by atoms with Crippen LogP contribution in [0.25, 0.3) is 0 Å². The van der Waals surface area contributed by atoms with Crippen molar-refractivity contribution in [3.63, 3.8) is 0 Å². The topological polar surface area (TPSA) is 26.8 Å². The van der Waals surface area contributed by atoms with Crippen LogP contribution in [0.2, 0.25) is 0 Å². The molecule has 1 aromatic rings. The molecule has 3 rings (SSSR count). The van der Waals surface area contributed by atoms with Crippen molar-refractivity contribution in [2.45, 2.75) is 19.3 Å². The van der Waals surface area contributed by atoms with Crippen LogP contribution in [0.3, 0.4) is 0 Å². The third-order valence-corrected chi connectivity index (χ3v) is 4.26. The zero-order valence-corrected chi connectivity index (χ0v) is 12.0. The molecule has 0 saturated carbocycles. The molecule has 1 aromatic carbocycles. The van der Waals surface area contributed by atoms with Gasteiger partial charge in [0.05, 0.1) is 0 Å². The van der Waals surface area contributed by atoms with Crippen molar-refractivity contribution in [3.8, 4) is 0 Å². The highest BCUT2D eigenvalue weighted by Crippen LogP contribution is 2.19. The molecule has 108 valence electrons. The summed E-state index contributed by atoms with van der Waals surface area (Å²) in [6.45, 7) is 6.17. The van der Waals surface area contributed by atoms with E-state index in [0.717, 1.165) is 38.3 Å². The van der Waals surface area contributed by atoms with Crippen LogP contribution in [-0.4, -0.2) is 55.1 Å². The SMILES string of the molecule is O=C1N(CCCN2CCCC2)CCN1c1ccccc1. The number of hydrogen-bond donors (Lipinski definition) is 0. The Hall–Kier alpha value is -1.55. The largest absolute Gasteiger partial charge is 0.324 e. The lowest BCUT2D eigenvalue weighted by Gasteiger charge is -2.20. The van der Waals surface area contributed by atoms with Crippen molar-refractivity contribution in [2.24, 2.45) is 0 Å². The molecular weight excluding hydrogens is 250 g/mol. The fourth-order valence-corrected chi connectivity index (χ4v) is 3.13. The lowest BCUT2D eigenvalue weighted by molar-refractivity contribution is 0.216. The van der Waals surface area contributed by atoms with Gasteiger partial charge in [-0.25, -0.2) is 4.79 Å². The normalized spacial score (nSPS) is 20.1. The molecule has 0 spiro atoms. The lowest BCUT2D eigenvalue weighted by atomic mass is 10.3. The van der Waals surface area contributed by atoms with Gasteiger partial charge in [0.25, 0.3) is 0 Å². The fraction of sp³-hybridized carbons (Fsp3) is 0.562. The molecular formula is C16H23N3O. The van der Waals surface area contributed by atoms with Crippen LogP contribution in [0.1, 0.15) is 19.3 Å². The average molecular weight is 273 g/mol. The fourth-order valence-electron chi connectivity index (χ4n) is 3.13. The minimum absolute atomic E-state index is 0.164. The maximum atomic E-state index is 12.4. The van der Waals surface area contributed by atoms with Crippen LogP contribution in [0, 0.1) is 0 Å². The number of anilines is 1. The Morgan fingerprint density at radius 3 is 2.40 bits per heavy atom. The van der Waals surface area contributed by atoms with E-state index < -0.39 is 0 Å². The van der Waals surface area contributed by atoms with Crippen molar-refractivity contribution in [1.29, 1.82) is 0 Å². The Morgan fingerprint density at radius 2 is 1.65 bits per heavy atom. The summed E-state index contributed by atoms with van der Waals surface area (Å²) >= 11 is 0. The number of urea groups is 1. The summed E-state index contributed by atoms with van der Waals surface area (Å²) in [4.78, 5) is 18.8. The van der Waals surface area contributed by atoms with Crippen molar-refractivity contribution < 1.29 is 4.79 Å². The van der Waals surface area contributed by atoms with Gasteiger partial charge in [0.15, 0.2) is 0 Å². The molecule has 0 aromatic heterocycles. The molecule has 2 aliphatic rings. The van der Waals surface area contributed by atoms with Crippen LogP contribution < -0.4 is 4.90 Å². The quantitative estimate of drug-likeness (QED) is 0.823. The highest BCUT2D eigenvalue weighted by Gasteiger charge is 2.28. The number of carbonyl (C=O) groups is 1. The molecule has 0 unspecified atom stereocenters. The predicted octanol–water partition coefficient (Wildman–Crippen LogP) is 2.41. The second-order valence-corrected chi connectivity index (χ2v) is 5.66. The number of benzene rings is 1. The zero-order valence-electron chi connectivity index (χ0n) is 12.0. The Kier molecular flexibility index (Phi) is 4.21. The predicted molar refractivity (Wildman–Crippen MR) is 81.0 cm³/mol. The van der Waals surface area contributed by atoms with Gasteiger partial charge in [-0.05, 0) is 51.0 Å². The van der Waals surface area contributed by atoms with Crippen LogP contribution in [0.5, 0.6) is 0 Å². The number of nitrogens with zero attached hydrogens (tertiary/aromatic N) is 3. The summed E-state index contributed by atoms with van der Waals surface area (Å²) in [7, 11) is 0. The molecule has 0 atom stereocenters. The van der Waals surface area contributed by atoms with Crippen LogP contribution in [0.15, 0.2) is 30.3 Å². The number of rotatable bonds is 5. The van der Waals surface area contributed by atoms with E-state index in [9.17, 15) is 4.79 Å². The van der Waals surface area contributed by atoms with E-state index in [1.165, 1.54) is 25.9 Å². The van der Waals surface area contributed by atoms with Crippen molar-refractivity contribution in [2.75, 3.05) is 44.2 Å². The maximum Gasteiger partial charge on any atom is 0.324 e. The van der Waals surface area contributed by atoms with E-state index in [1.807, 2.05) is 40.1 Å². The van der Waals surface area contributed by atoms with Crippen LogP contribution in [-0.2, 0) is 0 Å². The number of likely N-dealkylation sites (tertiary alicyclic amines) is 1. The van der Waals surface area contributed by atoms with Crippen molar-refractivity contribution >= 4 is 11.7 Å². The van der Waals surface area contributed by atoms with E-state index in [1.54, 1.807) is 0 Å². The molecule has 2 amide bonds. The third-order valence-electron chi connectivity index (χ3n) is 4.26. The molecule has 0 N–H and O–H groups in total. The third kappa shape index (κ3) is 2.96. The number of hydrogen-bond acceptors (Lipinski definition) is 2. The van der Waals surface area contributed by atoms with Gasteiger partial charge in [-0.1, -0.05) is 18.2 Å². The molecule has 4 heteroatoms. The monoisotopic (exact) mass is 273 g/mol. The average Bonchev–Trinajstić information content (AvgIpc) is 3.11. The second-order valence-electron chi connectivity index (χ2n) is 5.66. The first-order valence-electron chi connectivity index (χ1n) is 7.68. The lowest BCUT2D eigenvalue weighted by Crippen LogP contribution is -2.33. The molecule has 2 fully saturated rings. The summed E-state index contributed by atoms with van der Waals surface area (Å²) in [5, 5.41) is 0. The summed E-state index contributed by atoms with van der Waals surface area (Å²) in [5.74, 6) is 0.